The van der Waals surface area contributed by atoms with Crippen LogP contribution < -0.4 is 15.4 Å². The highest BCUT2D eigenvalue weighted by Gasteiger charge is 2.18. The van der Waals surface area contributed by atoms with Crippen molar-refractivity contribution in [1.82, 2.24) is 24.9 Å². The Bertz CT molecular complexity index is 1220. The number of methoxy groups -OCH3 is 1. The average Bonchev–Trinajstić information content (AvgIpc) is 3.25. The minimum atomic E-state index is -0.556. The number of aliphatic hydroxyl groups is 1. The van der Waals surface area contributed by atoms with Crippen LogP contribution in [0, 0.1) is 0 Å². The Kier molecular flexibility index (Phi) is 5.94. The quantitative estimate of drug-likeness (QED) is 0.375. The number of benzene rings is 2. The first-order valence-electron chi connectivity index (χ1n) is 10.1. The zero-order valence-electron chi connectivity index (χ0n) is 17.4. The van der Waals surface area contributed by atoms with Gasteiger partial charge in [-0.3, -0.25) is 4.79 Å². The maximum atomic E-state index is 12.4. The van der Waals surface area contributed by atoms with E-state index >= 15 is 0 Å². The molecule has 0 unspecified atom stereocenters. The van der Waals surface area contributed by atoms with Gasteiger partial charge in [0.2, 0.25) is 11.9 Å². The van der Waals surface area contributed by atoms with E-state index in [2.05, 4.69) is 20.7 Å². The van der Waals surface area contributed by atoms with Crippen LogP contribution in [-0.4, -0.2) is 56.9 Å². The summed E-state index contributed by atoms with van der Waals surface area (Å²) in [6, 6.07) is 14.6. The number of aliphatic hydroxyl groups excluding tert-OH is 1. The molecule has 4 rings (SSSR count). The van der Waals surface area contributed by atoms with Crippen molar-refractivity contribution in [3.8, 4) is 17.1 Å². The highest BCUT2D eigenvalue weighted by atomic mass is 16.5. The number of carbonyl (C=O) groups is 1. The lowest BCUT2D eigenvalue weighted by Gasteiger charge is -2.15. The summed E-state index contributed by atoms with van der Waals surface area (Å²) in [5.41, 5.74) is 2.20. The van der Waals surface area contributed by atoms with Crippen molar-refractivity contribution in [1.29, 1.82) is 0 Å². The number of carbonyl (C=O) groups excluding carboxylic acids is 1. The number of nitrogens with one attached hydrogen (secondary N) is 2. The number of para-hydroxylation sites is 1. The molecule has 0 aliphatic carbocycles. The predicted molar refractivity (Wildman–Crippen MR) is 118 cm³/mol. The van der Waals surface area contributed by atoms with Gasteiger partial charge in [-0.2, -0.15) is 4.52 Å². The maximum absolute atomic E-state index is 12.4. The van der Waals surface area contributed by atoms with Crippen molar-refractivity contribution < 1.29 is 14.6 Å². The van der Waals surface area contributed by atoms with Crippen LogP contribution in [0.5, 0.6) is 5.75 Å². The first-order valence-corrected chi connectivity index (χ1v) is 10.1. The Morgan fingerprint density at radius 2 is 2.03 bits per heavy atom. The van der Waals surface area contributed by atoms with Crippen LogP contribution in [0.25, 0.3) is 27.9 Å². The van der Waals surface area contributed by atoms with Crippen molar-refractivity contribution in [2.75, 3.05) is 25.6 Å². The number of amides is 1. The molecule has 31 heavy (non-hydrogen) atoms. The minimum Gasteiger partial charge on any atom is -0.497 e. The lowest BCUT2D eigenvalue weighted by Crippen LogP contribution is -2.38. The molecule has 0 saturated carbocycles. The summed E-state index contributed by atoms with van der Waals surface area (Å²) in [5.74, 6) is 1.47. The van der Waals surface area contributed by atoms with E-state index in [1.54, 1.807) is 18.5 Å². The number of ether oxygens (including phenoxy) is 1. The summed E-state index contributed by atoms with van der Waals surface area (Å²) in [5, 5.41) is 20.3. The van der Waals surface area contributed by atoms with Gasteiger partial charge in [0.1, 0.15) is 11.8 Å². The van der Waals surface area contributed by atoms with Crippen molar-refractivity contribution in [2.24, 2.45) is 0 Å². The number of anilines is 1. The van der Waals surface area contributed by atoms with E-state index in [9.17, 15) is 4.79 Å². The fourth-order valence-corrected chi connectivity index (χ4v) is 3.24. The molecule has 2 heterocycles. The van der Waals surface area contributed by atoms with Gasteiger partial charge in [0.25, 0.3) is 0 Å². The zero-order chi connectivity index (χ0) is 21.8. The number of hydrogen-bond donors (Lipinski definition) is 3. The largest absolute Gasteiger partial charge is 0.497 e. The molecule has 0 saturated heterocycles. The monoisotopic (exact) mass is 420 g/mol. The number of rotatable bonds is 8. The molecule has 1 atom stereocenters. The molecular formula is C22H24N6O3. The summed E-state index contributed by atoms with van der Waals surface area (Å²) in [6.07, 6.45) is 0.504. The van der Waals surface area contributed by atoms with E-state index in [4.69, 9.17) is 14.8 Å². The van der Waals surface area contributed by atoms with Crippen molar-refractivity contribution >= 4 is 28.4 Å². The van der Waals surface area contributed by atoms with Crippen LogP contribution in [0.1, 0.15) is 13.3 Å². The van der Waals surface area contributed by atoms with E-state index < -0.39 is 6.04 Å². The fraction of sp³-hybridized carbons (Fsp3) is 0.273. The molecule has 0 spiro atoms. The molecule has 0 radical (unpaired) electrons. The third-order valence-electron chi connectivity index (χ3n) is 4.88. The van der Waals surface area contributed by atoms with Crippen LogP contribution in [0.2, 0.25) is 0 Å². The van der Waals surface area contributed by atoms with Gasteiger partial charge in [-0.05, 0) is 37.6 Å². The molecule has 2 aromatic carbocycles. The summed E-state index contributed by atoms with van der Waals surface area (Å²) in [6.45, 7) is 2.18. The topological polar surface area (TPSA) is 114 Å². The summed E-state index contributed by atoms with van der Waals surface area (Å²) >= 11 is 0. The Labute approximate surface area is 179 Å². The number of fused-ring (bicyclic) bond motifs is 3. The maximum Gasteiger partial charge on any atom is 0.242 e. The van der Waals surface area contributed by atoms with Crippen LogP contribution in [0.15, 0.2) is 48.5 Å². The number of aromatic nitrogens is 4. The summed E-state index contributed by atoms with van der Waals surface area (Å²) in [7, 11) is 1.61. The minimum absolute atomic E-state index is 0.0287. The zero-order valence-corrected chi connectivity index (χ0v) is 17.4. The van der Waals surface area contributed by atoms with E-state index in [1.807, 2.05) is 48.5 Å². The normalized spacial score (nSPS) is 12.1. The van der Waals surface area contributed by atoms with E-state index in [0.717, 1.165) is 16.5 Å². The van der Waals surface area contributed by atoms with Crippen molar-refractivity contribution in [3.63, 3.8) is 0 Å². The summed E-state index contributed by atoms with van der Waals surface area (Å²) in [4.78, 5) is 21.8. The molecule has 1 amide bonds. The lowest BCUT2D eigenvalue weighted by atomic mass is 10.2. The van der Waals surface area contributed by atoms with Gasteiger partial charge in [-0.1, -0.05) is 24.3 Å². The Balaban J connectivity index is 1.75. The van der Waals surface area contributed by atoms with E-state index in [0.29, 0.717) is 36.1 Å². The van der Waals surface area contributed by atoms with Crippen LogP contribution >= 0.6 is 0 Å². The predicted octanol–water partition coefficient (Wildman–Crippen LogP) is 2.25. The molecule has 4 aromatic rings. The Hall–Kier alpha value is -3.72. The van der Waals surface area contributed by atoms with Crippen LogP contribution in [0.3, 0.4) is 0 Å². The molecule has 0 bridgehead atoms. The molecule has 2 aromatic heterocycles. The molecule has 0 aliphatic rings. The molecule has 3 N–H and O–H groups in total. The lowest BCUT2D eigenvalue weighted by molar-refractivity contribution is -0.121. The van der Waals surface area contributed by atoms with E-state index in [-0.39, 0.29) is 12.5 Å². The van der Waals surface area contributed by atoms with Crippen molar-refractivity contribution in [2.45, 2.75) is 19.4 Å². The molecule has 160 valence electrons. The highest BCUT2D eigenvalue weighted by Crippen LogP contribution is 2.26. The first kappa shape index (κ1) is 20.5. The number of nitrogens with zero attached hydrogens (tertiary/aromatic N) is 4. The standard InChI is InChI=1S/C22H24N6O3/c1-14(21(30)23-11-6-12-29)24-22-25-18-10-4-3-9-17(18)20-26-19(27-28(20)22)15-7-5-8-16(13-15)31-2/h3-5,7-10,13-14,29H,6,11-12H2,1-2H3,(H,23,30)(H,24,25)/t14-/m1/s1. The second kappa shape index (κ2) is 8.97. The summed E-state index contributed by atoms with van der Waals surface area (Å²) < 4.78 is 6.94. The van der Waals surface area contributed by atoms with Gasteiger partial charge in [-0.15, -0.1) is 5.10 Å². The Morgan fingerprint density at radius 1 is 1.19 bits per heavy atom. The van der Waals surface area contributed by atoms with Gasteiger partial charge in [0.15, 0.2) is 11.5 Å². The van der Waals surface area contributed by atoms with Gasteiger partial charge >= 0.3 is 0 Å². The third kappa shape index (κ3) is 4.26. The molecule has 9 nitrogen and oxygen atoms in total. The first-order chi connectivity index (χ1) is 15.1. The van der Waals surface area contributed by atoms with Crippen LogP contribution in [-0.2, 0) is 4.79 Å². The van der Waals surface area contributed by atoms with Crippen LogP contribution in [0.4, 0.5) is 5.95 Å². The molecule has 0 aliphatic heterocycles. The SMILES string of the molecule is COc1cccc(-c2nc3c4ccccc4nc(N[C@H](C)C(=O)NCCCO)n3n2)c1. The molecule has 0 fully saturated rings. The smallest absolute Gasteiger partial charge is 0.242 e. The van der Waals surface area contributed by atoms with Crippen molar-refractivity contribution in [3.05, 3.63) is 48.5 Å². The average molecular weight is 420 g/mol. The number of hydrogen-bond acceptors (Lipinski definition) is 7. The van der Waals surface area contributed by atoms with Gasteiger partial charge in [-0.25, -0.2) is 9.97 Å². The highest BCUT2D eigenvalue weighted by molar-refractivity contribution is 5.93. The van der Waals surface area contributed by atoms with Gasteiger partial charge in [0, 0.05) is 24.1 Å². The van der Waals surface area contributed by atoms with Gasteiger partial charge in [0.05, 0.1) is 12.6 Å². The van der Waals surface area contributed by atoms with E-state index in [1.165, 1.54) is 0 Å². The third-order valence-corrected chi connectivity index (χ3v) is 4.88. The second-order valence-electron chi connectivity index (χ2n) is 7.09. The van der Waals surface area contributed by atoms with Gasteiger partial charge < -0.3 is 20.5 Å². The Morgan fingerprint density at radius 3 is 2.84 bits per heavy atom. The molecule has 9 heteroatoms. The molecular weight excluding hydrogens is 396 g/mol. The fourth-order valence-electron chi connectivity index (χ4n) is 3.24. The second-order valence-corrected chi connectivity index (χ2v) is 7.09.